The molecule has 46 heavy (non-hydrogen) atoms. The molecule has 2 saturated heterocycles. The molecule has 6 rings (SSSR count). The number of imidazole rings is 2. The number of rotatable bonds is 12. The minimum atomic E-state index is -4.39. The highest BCUT2D eigenvalue weighted by Crippen LogP contribution is 2.57. The predicted molar refractivity (Wildman–Crippen MR) is 164 cm³/mol. The molecule has 0 amide bonds. The lowest BCUT2D eigenvalue weighted by atomic mass is 9.97. The van der Waals surface area contributed by atoms with Gasteiger partial charge in [-0.3, -0.25) is 32.5 Å². The van der Waals surface area contributed by atoms with Crippen LogP contribution in [0.15, 0.2) is 23.8 Å². The van der Waals surface area contributed by atoms with Gasteiger partial charge in [-0.1, -0.05) is 12.2 Å². The zero-order valence-corrected chi connectivity index (χ0v) is 26.9. The summed E-state index contributed by atoms with van der Waals surface area (Å²) in [6, 6.07) is 0. The molecule has 0 aromatic carbocycles. The van der Waals surface area contributed by atoms with Crippen LogP contribution in [0.1, 0.15) is 18.9 Å². The number of nitrogens with zero attached hydrogens (tertiary/aromatic N) is 7. The number of ether oxygens (including phenoxy) is 2. The number of aromatic nitrogens is 8. The van der Waals surface area contributed by atoms with Crippen LogP contribution >= 0.6 is 40.4 Å². The van der Waals surface area contributed by atoms with Crippen LogP contribution < -0.4 is 17.0 Å². The van der Waals surface area contributed by atoms with Crippen LogP contribution in [0.5, 0.6) is 0 Å². The van der Waals surface area contributed by atoms with Gasteiger partial charge in [-0.2, -0.15) is 17.6 Å². The third kappa shape index (κ3) is 6.26. The summed E-state index contributed by atoms with van der Waals surface area (Å²) in [7, 11) is -0.708. The Morgan fingerprint density at radius 3 is 2.54 bits per heavy atom. The van der Waals surface area contributed by atoms with Gasteiger partial charge in [0.25, 0.3) is 5.56 Å². The molecule has 9 atom stereocenters. The number of hydrogen-bond donors (Lipinski definition) is 6. The van der Waals surface area contributed by atoms with Crippen molar-refractivity contribution in [2.24, 2.45) is 5.92 Å². The maximum atomic E-state index is 15.9. The number of nitrogens with two attached hydrogens (primary N) is 2. The summed E-state index contributed by atoms with van der Waals surface area (Å²) in [5.41, 5.74) is 11.5. The van der Waals surface area contributed by atoms with Gasteiger partial charge in [-0.05, 0) is 12.2 Å². The van der Waals surface area contributed by atoms with E-state index in [0.717, 1.165) is 0 Å². The quantitative estimate of drug-likeness (QED) is 0.0888. The van der Waals surface area contributed by atoms with E-state index in [2.05, 4.69) is 54.8 Å². The van der Waals surface area contributed by atoms with Crippen LogP contribution in [0.2, 0.25) is 0 Å². The Bertz CT molecular complexity index is 1850. The largest absolute Gasteiger partial charge is 0.390 e. The molecule has 2 fully saturated rings. The number of nitrogen functional groups attached to an aromatic ring is 2. The molecule has 0 radical (unpaired) electrons. The number of nitrogens with one attached hydrogen (secondary N) is 1. The van der Waals surface area contributed by atoms with Gasteiger partial charge in [-0.25, -0.2) is 33.5 Å². The second kappa shape index (κ2) is 13.4. The highest BCUT2D eigenvalue weighted by Gasteiger charge is 2.51. The normalized spacial score (nSPS) is 29.7. The number of aromatic amines is 1. The van der Waals surface area contributed by atoms with Gasteiger partial charge in [-0.15, -0.1) is 0 Å². The van der Waals surface area contributed by atoms with Crippen molar-refractivity contribution in [2.75, 3.05) is 30.4 Å². The number of aliphatic hydroxyl groups excluding tert-OH is 1. The number of halogens is 1. The first-order valence-corrected chi connectivity index (χ1v) is 17.6. The Balaban J connectivity index is 1.18. The summed E-state index contributed by atoms with van der Waals surface area (Å²) >= 11 is 8.31. The smallest absolute Gasteiger partial charge is 0.386 e. The first-order valence-electron chi connectivity index (χ1n) is 13.5. The molecule has 2 aliphatic heterocycles. The average molecular weight is 721 g/mol. The van der Waals surface area contributed by atoms with Crippen molar-refractivity contribution in [3.05, 3.63) is 29.3 Å². The number of fused-ring (bicyclic) bond motifs is 2. The zero-order chi connectivity index (χ0) is 32.7. The first kappa shape index (κ1) is 33.1. The average Bonchev–Trinajstić information content (AvgIpc) is 3.77. The Kier molecular flexibility index (Phi) is 9.64. The highest BCUT2D eigenvalue weighted by molar-refractivity contribution is 8.44. The van der Waals surface area contributed by atoms with Crippen molar-refractivity contribution in [2.45, 2.75) is 49.5 Å². The highest BCUT2D eigenvalue weighted by atomic mass is 32.7. The molecule has 0 aliphatic carbocycles. The van der Waals surface area contributed by atoms with Gasteiger partial charge in [0.05, 0.1) is 32.0 Å². The molecular weight excluding hydrogens is 693 g/mol. The molecule has 24 heteroatoms. The molecule has 6 heterocycles. The van der Waals surface area contributed by atoms with E-state index >= 15 is 4.39 Å². The van der Waals surface area contributed by atoms with Gasteiger partial charge in [0.1, 0.15) is 36.4 Å². The minimum Gasteiger partial charge on any atom is -0.390 e. The Hall–Kier alpha value is -2.78. The van der Waals surface area contributed by atoms with Crippen molar-refractivity contribution in [1.29, 1.82) is 0 Å². The molecule has 0 unspecified atom stereocenters. The van der Waals surface area contributed by atoms with E-state index in [9.17, 15) is 19.0 Å². The van der Waals surface area contributed by atoms with Gasteiger partial charge < -0.3 is 26.0 Å². The molecule has 6 N–H and O–H groups in total. The molecule has 19 nitrogen and oxygen atoms in total. The summed E-state index contributed by atoms with van der Waals surface area (Å²) in [6.07, 6.45) is -5.22. The van der Waals surface area contributed by atoms with Crippen molar-refractivity contribution in [3.8, 4) is 0 Å². The molecule has 4 aromatic heterocycles. The van der Waals surface area contributed by atoms with Crippen LogP contribution in [0, 0.1) is 5.92 Å². The third-order valence-corrected chi connectivity index (χ3v) is 9.69. The fourth-order valence-electron chi connectivity index (χ4n) is 5.50. The van der Waals surface area contributed by atoms with Gasteiger partial charge >= 0.3 is 15.5 Å². The van der Waals surface area contributed by atoms with Crippen LogP contribution in [0.25, 0.3) is 22.3 Å². The van der Waals surface area contributed by atoms with Gasteiger partial charge in [0.15, 0.2) is 35.0 Å². The van der Waals surface area contributed by atoms with Crippen molar-refractivity contribution < 1.29 is 41.7 Å². The van der Waals surface area contributed by atoms with E-state index in [0.29, 0.717) is 12.2 Å². The maximum Gasteiger partial charge on any atom is 0.386 e. The lowest BCUT2D eigenvalue weighted by molar-refractivity contribution is -0.0471. The number of hydrogen-bond acceptors (Lipinski definition) is 17. The van der Waals surface area contributed by atoms with Crippen molar-refractivity contribution in [1.82, 2.24) is 39.0 Å². The van der Waals surface area contributed by atoms with Crippen LogP contribution in [-0.2, 0) is 32.2 Å². The topological polar surface area (TPSA) is 260 Å². The summed E-state index contributed by atoms with van der Waals surface area (Å²) < 4.78 is 70.8. The standard InChI is InChI=1S/C22H27FN10O9P2S2/c23-11-15(10(3-38-43-36)41-21(11)32-6-28-12-16(24)26-5-27-17(12)32)42-44(37,46)39-4-9-14(34)8(1-2-45)20(40-9)33-7-29-13-18(33)30-22(25)31-19(13)35/h5-11,14-15,20-21,34,45H,1-4H2,(H,37,46)(H2,24,26,27)(H3,25,30,31,35)/t8-,9-,10-,11-,14+,15-,20-,21-,44-/m1/s1. The third-order valence-electron chi connectivity index (χ3n) is 7.56. The van der Waals surface area contributed by atoms with Crippen molar-refractivity contribution in [3.63, 3.8) is 0 Å². The molecule has 0 bridgehead atoms. The minimum absolute atomic E-state index is 0.0114. The molecule has 2 aliphatic rings. The molecule has 0 spiro atoms. The molecular formula is C22H27FN10O9P2S2. The number of alkyl halides is 1. The second-order valence-corrected chi connectivity index (χ2v) is 14.0. The monoisotopic (exact) mass is 720 g/mol. The fourth-order valence-corrected chi connectivity index (χ4v) is 7.48. The van der Waals surface area contributed by atoms with E-state index in [1.165, 1.54) is 28.1 Å². The first-order chi connectivity index (χ1) is 22.0. The Labute approximate surface area is 269 Å². The fraction of sp³-hybridized carbons (Fsp3) is 0.545. The second-order valence-electron chi connectivity index (χ2n) is 10.3. The molecule has 4 aromatic rings. The summed E-state index contributed by atoms with van der Waals surface area (Å²) in [5.74, 6) is -0.295. The van der Waals surface area contributed by atoms with E-state index < -0.39 is 83.2 Å². The van der Waals surface area contributed by atoms with E-state index in [1.807, 2.05) is 0 Å². The summed E-state index contributed by atoms with van der Waals surface area (Å²) in [5, 5.41) is 11.1. The number of anilines is 2. The van der Waals surface area contributed by atoms with E-state index in [-0.39, 0.29) is 34.1 Å². The number of thiol groups is 2. The van der Waals surface area contributed by atoms with Gasteiger partial charge in [0.2, 0.25) is 5.95 Å². The predicted octanol–water partition coefficient (Wildman–Crippen LogP) is 1.22. The summed E-state index contributed by atoms with van der Waals surface area (Å²) in [4.78, 5) is 34.9. The number of H-pyrrole nitrogens is 1. The number of aliphatic hydroxyl groups is 1. The summed E-state index contributed by atoms with van der Waals surface area (Å²) in [6.45, 7) is -5.30. The maximum absolute atomic E-state index is 15.9. The van der Waals surface area contributed by atoms with Crippen LogP contribution in [-0.4, -0.2) is 93.7 Å². The van der Waals surface area contributed by atoms with Gasteiger partial charge in [0, 0.05) is 5.92 Å². The SMILES string of the molecule is Nc1nc2c(ncn2[C@@H]2O[C@H](CO[P@@](=O)(S)O[C@H]3[C@@H](F)[C@H](n4cnc5c(N)ncnc54)O[C@@H]3COP=O)[C@@H](O)[C@H]2CCS)c(=O)[nH]1. The Morgan fingerprint density at radius 2 is 1.80 bits per heavy atom. The molecule has 248 valence electrons. The van der Waals surface area contributed by atoms with E-state index in [1.54, 1.807) is 0 Å². The molecule has 0 saturated carbocycles. The van der Waals surface area contributed by atoms with Crippen LogP contribution in [0.4, 0.5) is 16.2 Å². The lowest BCUT2D eigenvalue weighted by Crippen LogP contribution is -2.34. The lowest BCUT2D eigenvalue weighted by Gasteiger charge is -2.24. The Morgan fingerprint density at radius 1 is 1.09 bits per heavy atom. The van der Waals surface area contributed by atoms with E-state index in [4.69, 9.17) is 34.5 Å². The van der Waals surface area contributed by atoms with Crippen LogP contribution in [0.3, 0.4) is 0 Å². The zero-order valence-electron chi connectivity index (χ0n) is 23.3. The van der Waals surface area contributed by atoms with Crippen molar-refractivity contribution >= 4 is 74.5 Å².